The predicted molar refractivity (Wildman–Crippen MR) is 51.3 cm³/mol. The molecule has 0 saturated heterocycles. The Morgan fingerprint density at radius 1 is 1.64 bits per heavy atom. The van der Waals surface area contributed by atoms with Gasteiger partial charge in [0.1, 0.15) is 11.5 Å². The highest BCUT2D eigenvalue weighted by Gasteiger charge is 2.04. The van der Waals surface area contributed by atoms with Crippen LogP contribution >= 0.6 is 0 Å². The number of hydrogen-bond acceptors (Lipinski definition) is 2. The van der Waals surface area contributed by atoms with E-state index in [1.165, 1.54) is 12.1 Å². The number of halogens is 1. The molecule has 0 radical (unpaired) electrons. The number of pyridine rings is 1. The van der Waals surface area contributed by atoms with Crippen LogP contribution in [0.25, 0.3) is 0 Å². The molecule has 0 atom stereocenters. The van der Waals surface area contributed by atoms with E-state index in [-0.39, 0.29) is 11.6 Å². The molecule has 0 fully saturated rings. The standard InChI is InChI=1S/C10H11FN2O/c1-2-3-6-12-10(14)9-5-4-8(11)7-13-9/h2,4-5,7H,1,3,6H2,(H,12,14). The van der Waals surface area contributed by atoms with E-state index in [0.29, 0.717) is 13.0 Å². The molecule has 14 heavy (non-hydrogen) atoms. The lowest BCUT2D eigenvalue weighted by Gasteiger charge is -2.01. The summed E-state index contributed by atoms with van der Waals surface area (Å²) in [5, 5.41) is 2.62. The summed E-state index contributed by atoms with van der Waals surface area (Å²) in [4.78, 5) is 14.9. The zero-order valence-electron chi connectivity index (χ0n) is 7.66. The van der Waals surface area contributed by atoms with Gasteiger partial charge in [0.25, 0.3) is 5.91 Å². The van der Waals surface area contributed by atoms with Crippen LogP contribution in [0.5, 0.6) is 0 Å². The van der Waals surface area contributed by atoms with Crippen molar-refractivity contribution in [1.29, 1.82) is 0 Å². The van der Waals surface area contributed by atoms with Crippen LogP contribution in [0.15, 0.2) is 31.0 Å². The van der Waals surface area contributed by atoms with E-state index < -0.39 is 5.82 Å². The summed E-state index contributed by atoms with van der Waals surface area (Å²) in [6.07, 6.45) is 3.42. The fourth-order valence-corrected chi connectivity index (χ4v) is 0.888. The molecular weight excluding hydrogens is 183 g/mol. The van der Waals surface area contributed by atoms with Crippen LogP contribution in [-0.4, -0.2) is 17.4 Å². The molecule has 1 rings (SSSR count). The number of amides is 1. The molecule has 0 saturated carbocycles. The maximum atomic E-state index is 12.4. The van der Waals surface area contributed by atoms with Crippen molar-refractivity contribution in [2.75, 3.05) is 6.54 Å². The normalized spacial score (nSPS) is 9.50. The summed E-state index contributed by atoms with van der Waals surface area (Å²) in [6.45, 7) is 4.04. The molecule has 1 N–H and O–H groups in total. The summed E-state index contributed by atoms with van der Waals surface area (Å²) in [5.41, 5.74) is 0.218. The maximum absolute atomic E-state index is 12.4. The highest BCUT2D eigenvalue weighted by molar-refractivity contribution is 5.92. The van der Waals surface area contributed by atoms with Gasteiger partial charge in [0.15, 0.2) is 0 Å². The Hall–Kier alpha value is -1.71. The molecule has 0 aromatic carbocycles. The summed E-state index contributed by atoms with van der Waals surface area (Å²) >= 11 is 0. The van der Waals surface area contributed by atoms with Gasteiger partial charge in [-0.05, 0) is 18.6 Å². The fourth-order valence-electron chi connectivity index (χ4n) is 0.888. The topological polar surface area (TPSA) is 42.0 Å². The molecule has 4 heteroatoms. The van der Waals surface area contributed by atoms with Crippen LogP contribution < -0.4 is 5.32 Å². The van der Waals surface area contributed by atoms with Crippen molar-refractivity contribution in [2.45, 2.75) is 6.42 Å². The molecule has 0 unspecified atom stereocenters. The summed E-state index contributed by atoms with van der Waals surface area (Å²) in [6, 6.07) is 2.55. The number of rotatable bonds is 4. The van der Waals surface area contributed by atoms with E-state index in [9.17, 15) is 9.18 Å². The van der Waals surface area contributed by atoms with Crippen LogP contribution in [0, 0.1) is 5.82 Å². The van der Waals surface area contributed by atoms with Crippen LogP contribution in [0.3, 0.4) is 0 Å². The second-order valence-electron chi connectivity index (χ2n) is 2.69. The summed E-state index contributed by atoms with van der Waals surface area (Å²) < 4.78 is 12.4. The van der Waals surface area contributed by atoms with Gasteiger partial charge in [-0.2, -0.15) is 0 Å². The Kier molecular flexibility index (Phi) is 3.79. The number of carbonyl (C=O) groups excluding carboxylic acids is 1. The van der Waals surface area contributed by atoms with Gasteiger partial charge in [-0.1, -0.05) is 6.08 Å². The molecule has 1 amide bonds. The van der Waals surface area contributed by atoms with Crippen molar-refractivity contribution in [3.63, 3.8) is 0 Å². The average Bonchev–Trinajstić information content (AvgIpc) is 2.19. The SMILES string of the molecule is C=CCCNC(=O)c1ccc(F)cn1. The second-order valence-corrected chi connectivity index (χ2v) is 2.69. The first kappa shape index (κ1) is 10.4. The van der Waals surface area contributed by atoms with E-state index in [1.807, 2.05) is 0 Å². The minimum absolute atomic E-state index is 0.218. The Morgan fingerprint density at radius 3 is 3.00 bits per heavy atom. The van der Waals surface area contributed by atoms with Crippen molar-refractivity contribution in [1.82, 2.24) is 10.3 Å². The van der Waals surface area contributed by atoms with E-state index in [1.54, 1.807) is 6.08 Å². The highest BCUT2D eigenvalue weighted by Crippen LogP contribution is 1.97. The number of carbonyl (C=O) groups is 1. The van der Waals surface area contributed by atoms with Crippen molar-refractivity contribution in [2.24, 2.45) is 0 Å². The molecule has 3 nitrogen and oxygen atoms in total. The third kappa shape index (κ3) is 2.97. The first-order valence-corrected chi connectivity index (χ1v) is 4.24. The Morgan fingerprint density at radius 2 is 2.43 bits per heavy atom. The molecule has 0 spiro atoms. The second kappa shape index (κ2) is 5.11. The number of nitrogens with zero attached hydrogens (tertiary/aromatic N) is 1. The van der Waals surface area contributed by atoms with Crippen molar-refractivity contribution < 1.29 is 9.18 Å². The van der Waals surface area contributed by atoms with E-state index in [4.69, 9.17) is 0 Å². The molecule has 74 valence electrons. The van der Waals surface area contributed by atoms with Gasteiger partial charge >= 0.3 is 0 Å². The molecule has 0 aliphatic rings. The summed E-state index contributed by atoms with van der Waals surface area (Å²) in [7, 11) is 0. The quantitative estimate of drug-likeness (QED) is 0.583. The van der Waals surface area contributed by atoms with Gasteiger partial charge in [0.2, 0.25) is 0 Å². The van der Waals surface area contributed by atoms with E-state index in [2.05, 4.69) is 16.9 Å². The highest BCUT2D eigenvalue weighted by atomic mass is 19.1. The van der Waals surface area contributed by atoms with Crippen LogP contribution in [0.2, 0.25) is 0 Å². The fraction of sp³-hybridized carbons (Fsp3) is 0.200. The van der Waals surface area contributed by atoms with Gasteiger partial charge in [-0.25, -0.2) is 9.37 Å². The average molecular weight is 194 g/mol. The minimum atomic E-state index is -0.451. The molecule has 0 bridgehead atoms. The Balaban J connectivity index is 2.52. The molecular formula is C10H11FN2O. The van der Waals surface area contributed by atoms with Gasteiger partial charge in [-0.3, -0.25) is 4.79 Å². The lowest BCUT2D eigenvalue weighted by atomic mass is 10.3. The van der Waals surface area contributed by atoms with E-state index >= 15 is 0 Å². The van der Waals surface area contributed by atoms with Crippen LogP contribution in [-0.2, 0) is 0 Å². The number of hydrogen-bond donors (Lipinski definition) is 1. The zero-order chi connectivity index (χ0) is 10.4. The first-order chi connectivity index (χ1) is 6.74. The zero-order valence-corrected chi connectivity index (χ0v) is 7.66. The molecule has 1 aromatic rings. The minimum Gasteiger partial charge on any atom is -0.350 e. The smallest absolute Gasteiger partial charge is 0.269 e. The molecule has 0 aliphatic heterocycles. The van der Waals surface area contributed by atoms with Crippen LogP contribution in [0.1, 0.15) is 16.9 Å². The first-order valence-electron chi connectivity index (χ1n) is 4.24. The van der Waals surface area contributed by atoms with Crippen molar-refractivity contribution in [3.05, 3.63) is 42.5 Å². The van der Waals surface area contributed by atoms with Gasteiger partial charge in [0, 0.05) is 6.54 Å². The monoisotopic (exact) mass is 194 g/mol. The van der Waals surface area contributed by atoms with Crippen molar-refractivity contribution in [3.8, 4) is 0 Å². The van der Waals surface area contributed by atoms with Gasteiger partial charge < -0.3 is 5.32 Å². The molecule has 1 aromatic heterocycles. The van der Waals surface area contributed by atoms with Crippen molar-refractivity contribution >= 4 is 5.91 Å². The lowest BCUT2D eigenvalue weighted by molar-refractivity contribution is 0.0949. The summed E-state index contributed by atoms with van der Waals surface area (Å²) in [5.74, 6) is -0.750. The van der Waals surface area contributed by atoms with Gasteiger partial charge in [0.05, 0.1) is 6.20 Å². The van der Waals surface area contributed by atoms with Gasteiger partial charge in [-0.15, -0.1) is 6.58 Å². The largest absolute Gasteiger partial charge is 0.350 e. The Labute approximate surface area is 81.7 Å². The predicted octanol–water partition coefficient (Wildman–Crippen LogP) is 1.53. The third-order valence-electron chi connectivity index (χ3n) is 1.59. The molecule has 1 heterocycles. The number of aromatic nitrogens is 1. The molecule has 0 aliphatic carbocycles. The lowest BCUT2D eigenvalue weighted by Crippen LogP contribution is -2.24. The Bertz CT molecular complexity index is 321. The van der Waals surface area contributed by atoms with E-state index in [0.717, 1.165) is 6.20 Å². The number of nitrogens with one attached hydrogen (secondary N) is 1. The maximum Gasteiger partial charge on any atom is 0.269 e. The third-order valence-corrected chi connectivity index (χ3v) is 1.59. The van der Waals surface area contributed by atoms with Crippen LogP contribution in [0.4, 0.5) is 4.39 Å².